The first-order valence-corrected chi connectivity index (χ1v) is 12.1. The van der Waals surface area contributed by atoms with Gasteiger partial charge in [0.15, 0.2) is 0 Å². The number of rotatable bonds is 5. The van der Waals surface area contributed by atoms with E-state index in [0.29, 0.717) is 12.8 Å². The number of piperidine rings is 1. The van der Waals surface area contributed by atoms with Crippen molar-refractivity contribution < 1.29 is 14.3 Å². The molecule has 1 aliphatic rings. The van der Waals surface area contributed by atoms with Gasteiger partial charge in [0.1, 0.15) is 6.61 Å². The lowest BCUT2D eigenvalue weighted by Crippen LogP contribution is -2.45. The summed E-state index contributed by atoms with van der Waals surface area (Å²) in [6, 6.07) is 25.6. The van der Waals surface area contributed by atoms with Gasteiger partial charge in [0.05, 0.1) is 12.0 Å². The Morgan fingerprint density at radius 1 is 1.00 bits per heavy atom. The van der Waals surface area contributed by atoms with Crippen LogP contribution in [0, 0.1) is 12.8 Å². The lowest BCUT2D eigenvalue weighted by molar-refractivity contribution is -0.152. The molecule has 0 spiro atoms. The summed E-state index contributed by atoms with van der Waals surface area (Å²) in [5.74, 6) is -0.640. The summed E-state index contributed by atoms with van der Waals surface area (Å²) >= 11 is 1.57. The third-order valence-corrected chi connectivity index (χ3v) is 7.24. The van der Waals surface area contributed by atoms with Gasteiger partial charge in [-0.05, 0) is 53.3 Å². The second-order valence-corrected chi connectivity index (χ2v) is 9.43. The molecule has 0 saturated carbocycles. The molecule has 4 aromatic rings. The number of carbonyl (C=O) groups is 2. The molecular formula is C28H25NO3S. The minimum Gasteiger partial charge on any atom is -0.461 e. The number of fused-ring (bicyclic) bond motifs is 1. The minimum absolute atomic E-state index is 0.0374. The third kappa shape index (κ3) is 4.29. The molecule has 0 radical (unpaired) electrons. The molecular weight excluding hydrogens is 430 g/mol. The standard InChI is InChI=1S/C28H25NO3S/c1-19-11-13-22(14-12-19)29-26(30)16-15-24(27(29)25-10-5-17-33-25)28(31)32-18-21-8-4-7-20-6-2-3-9-23(20)21/h2-14,17,24,27H,15-16,18H2,1H3/t24-,27+/m1/s1. The van der Waals surface area contributed by atoms with Crippen LogP contribution < -0.4 is 4.90 Å². The normalized spacial score (nSPS) is 18.5. The number of amides is 1. The number of carbonyl (C=O) groups excluding carboxylic acids is 2. The number of esters is 1. The maximum atomic E-state index is 13.4. The first kappa shape index (κ1) is 21.4. The monoisotopic (exact) mass is 455 g/mol. The van der Waals surface area contributed by atoms with Gasteiger partial charge in [-0.15, -0.1) is 11.3 Å². The highest BCUT2D eigenvalue weighted by Gasteiger charge is 2.42. The molecule has 1 saturated heterocycles. The van der Waals surface area contributed by atoms with Crippen molar-refractivity contribution >= 4 is 39.7 Å². The van der Waals surface area contributed by atoms with E-state index in [-0.39, 0.29) is 24.5 Å². The zero-order chi connectivity index (χ0) is 22.8. The van der Waals surface area contributed by atoms with Crippen LogP contribution >= 0.6 is 11.3 Å². The van der Waals surface area contributed by atoms with Gasteiger partial charge < -0.3 is 9.64 Å². The quantitative estimate of drug-likeness (QED) is 0.326. The Bertz CT molecular complexity index is 1280. The zero-order valence-electron chi connectivity index (χ0n) is 18.4. The summed E-state index contributed by atoms with van der Waals surface area (Å²) in [5.41, 5.74) is 2.92. The maximum Gasteiger partial charge on any atom is 0.311 e. The smallest absolute Gasteiger partial charge is 0.311 e. The van der Waals surface area contributed by atoms with Crippen LogP contribution in [0.2, 0.25) is 0 Å². The van der Waals surface area contributed by atoms with E-state index in [1.165, 1.54) is 0 Å². The second kappa shape index (κ2) is 9.20. The van der Waals surface area contributed by atoms with Gasteiger partial charge in [-0.3, -0.25) is 9.59 Å². The van der Waals surface area contributed by atoms with E-state index in [1.807, 2.05) is 79.0 Å². The first-order chi connectivity index (χ1) is 16.1. The van der Waals surface area contributed by atoms with E-state index in [9.17, 15) is 9.59 Å². The lowest BCUT2D eigenvalue weighted by atomic mass is 9.87. The summed E-state index contributed by atoms with van der Waals surface area (Å²) in [6.45, 7) is 2.23. The van der Waals surface area contributed by atoms with Crippen LogP contribution in [0.1, 0.15) is 34.9 Å². The van der Waals surface area contributed by atoms with Gasteiger partial charge in [0, 0.05) is 17.0 Å². The number of anilines is 1. The van der Waals surface area contributed by atoms with Gasteiger partial charge in [-0.25, -0.2) is 0 Å². The molecule has 2 atom stereocenters. The van der Waals surface area contributed by atoms with E-state index in [1.54, 1.807) is 16.2 Å². The maximum absolute atomic E-state index is 13.4. The topological polar surface area (TPSA) is 46.6 Å². The van der Waals surface area contributed by atoms with Crippen molar-refractivity contribution in [3.8, 4) is 0 Å². The Labute approximate surface area is 197 Å². The van der Waals surface area contributed by atoms with Crippen LogP contribution in [0.3, 0.4) is 0 Å². The van der Waals surface area contributed by atoms with Crippen molar-refractivity contribution in [2.75, 3.05) is 4.90 Å². The van der Waals surface area contributed by atoms with Crippen molar-refractivity contribution in [1.82, 2.24) is 0 Å². The van der Waals surface area contributed by atoms with E-state index in [4.69, 9.17) is 4.74 Å². The molecule has 5 rings (SSSR count). The molecule has 0 N–H and O–H groups in total. The number of aryl methyl sites for hydroxylation is 1. The third-order valence-electron chi connectivity index (χ3n) is 6.30. The fourth-order valence-electron chi connectivity index (χ4n) is 4.61. The number of hydrogen-bond acceptors (Lipinski definition) is 4. The molecule has 0 unspecified atom stereocenters. The van der Waals surface area contributed by atoms with Crippen LogP contribution in [0.5, 0.6) is 0 Å². The lowest BCUT2D eigenvalue weighted by Gasteiger charge is -2.39. The average Bonchev–Trinajstić information content (AvgIpc) is 3.38. The van der Waals surface area contributed by atoms with E-state index in [2.05, 4.69) is 12.1 Å². The molecule has 1 amide bonds. The first-order valence-electron chi connectivity index (χ1n) is 11.2. The number of benzene rings is 3. The summed E-state index contributed by atoms with van der Waals surface area (Å²) in [5, 5.41) is 4.19. The zero-order valence-corrected chi connectivity index (χ0v) is 19.3. The van der Waals surface area contributed by atoms with Gasteiger partial charge >= 0.3 is 5.97 Å². The second-order valence-electron chi connectivity index (χ2n) is 8.45. The van der Waals surface area contributed by atoms with Crippen molar-refractivity contribution in [2.24, 2.45) is 5.92 Å². The molecule has 4 nitrogen and oxygen atoms in total. The number of ether oxygens (including phenoxy) is 1. The van der Waals surface area contributed by atoms with E-state index >= 15 is 0 Å². The SMILES string of the molecule is Cc1ccc(N2C(=O)CC[C@@H](C(=O)OCc3cccc4ccccc34)[C@H]2c2cccs2)cc1. The van der Waals surface area contributed by atoms with Crippen molar-refractivity contribution in [2.45, 2.75) is 32.4 Å². The van der Waals surface area contributed by atoms with Gasteiger partial charge in [0.2, 0.25) is 5.91 Å². The fourth-order valence-corrected chi connectivity index (χ4v) is 5.49. The highest BCUT2D eigenvalue weighted by Crippen LogP contribution is 2.42. The summed E-state index contributed by atoms with van der Waals surface area (Å²) in [6.07, 6.45) is 0.807. The van der Waals surface area contributed by atoms with Crippen LogP contribution in [-0.4, -0.2) is 11.9 Å². The van der Waals surface area contributed by atoms with Gasteiger partial charge in [0.25, 0.3) is 0 Å². The molecule has 1 aliphatic heterocycles. The largest absolute Gasteiger partial charge is 0.461 e. The van der Waals surface area contributed by atoms with E-state index < -0.39 is 5.92 Å². The number of hydrogen-bond donors (Lipinski definition) is 0. The van der Waals surface area contributed by atoms with Crippen LogP contribution in [0.25, 0.3) is 10.8 Å². The molecule has 5 heteroatoms. The Balaban J connectivity index is 1.43. The molecule has 1 fully saturated rings. The predicted molar refractivity (Wildman–Crippen MR) is 132 cm³/mol. The molecule has 33 heavy (non-hydrogen) atoms. The van der Waals surface area contributed by atoms with Gasteiger partial charge in [-0.1, -0.05) is 66.2 Å². The molecule has 0 aliphatic carbocycles. The Hall–Kier alpha value is -3.44. The van der Waals surface area contributed by atoms with E-state index in [0.717, 1.165) is 32.5 Å². The van der Waals surface area contributed by atoms with Crippen molar-refractivity contribution in [3.05, 3.63) is 100 Å². The Morgan fingerprint density at radius 3 is 2.58 bits per heavy atom. The Kier molecular flexibility index (Phi) is 5.97. The minimum atomic E-state index is -0.419. The van der Waals surface area contributed by atoms with Crippen LogP contribution in [-0.2, 0) is 20.9 Å². The van der Waals surface area contributed by atoms with Crippen molar-refractivity contribution in [1.29, 1.82) is 0 Å². The van der Waals surface area contributed by atoms with Gasteiger partial charge in [-0.2, -0.15) is 0 Å². The van der Waals surface area contributed by atoms with Crippen LogP contribution in [0.4, 0.5) is 5.69 Å². The predicted octanol–water partition coefficient (Wildman–Crippen LogP) is 6.44. The number of nitrogens with zero attached hydrogens (tertiary/aromatic N) is 1. The number of thiophene rings is 1. The summed E-state index contributed by atoms with van der Waals surface area (Å²) in [4.78, 5) is 29.2. The highest BCUT2D eigenvalue weighted by molar-refractivity contribution is 7.10. The molecule has 2 heterocycles. The summed E-state index contributed by atoms with van der Waals surface area (Å²) in [7, 11) is 0. The van der Waals surface area contributed by atoms with Crippen molar-refractivity contribution in [3.63, 3.8) is 0 Å². The molecule has 3 aromatic carbocycles. The molecule has 1 aromatic heterocycles. The highest BCUT2D eigenvalue weighted by atomic mass is 32.1. The summed E-state index contributed by atoms with van der Waals surface area (Å²) < 4.78 is 5.87. The molecule has 166 valence electrons. The average molecular weight is 456 g/mol. The molecule has 0 bridgehead atoms. The fraction of sp³-hybridized carbons (Fsp3) is 0.214. The Morgan fingerprint density at radius 2 is 1.79 bits per heavy atom. The van der Waals surface area contributed by atoms with Crippen LogP contribution in [0.15, 0.2) is 84.2 Å².